The number of hydrogen-bond donors (Lipinski definition) is 1. The highest BCUT2D eigenvalue weighted by Crippen LogP contribution is 2.37. The first-order valence-corrected chi connectivity index (χ1v) is 5.32. The number of aryl methyl sites for hydroxylation is 1. The summed E-state index contributed by atoms with van der Waals surface area (Å²) in [6, 6.07) is 0.534. The predicted molar refractivity (Wildman–Crippen MR) is 57.9 cm³/mol. The summed E-state index contributed by atoms with van der Waals surface area (Å²) in [6.45, 7) is 0. The van der Waals surface area contributed by atoms with Gasteiger partial charge in [-0.3, -0.25) is 14.3 Å². The van der Waals surface area contributed by atoms with Crippen LogP contribution in [-0.2, 0) is 7.05 Å². The second kappa shape index (κ2) is 3.03. The summed E-state index contributed by atoms with van der Waals surface area (Å²) < 4.78 is 4.56. The maximum atomic E-state index is 5.21. The molecule has 1 aliphatic rings. The van der Waals surface area contributed by atoms with Gasteiger partial charge in [0.15, 0.2) is 10.6 Å². The molecule has 2 aromatic heterocycles. The number of rotatable bonds is 2. The minimum absolute atomic E-state index is 0.534. The van der Waals surface area contributed by atoms with Gasteiger partial charge in [-0.15, -0.1) is 0 Å². The van der Waals surface area contributed by atoms with Crippen molar-refractivity contribution >= 4 is 12.2 Å². The summed E-state index contributed by atoms with van der Waals surface area (Å²) >= 11 is 5.21. The Morgan fingerprint density at radius 3 is 2.93 bits per heavy atom. The maximum absolute atomic E-state index is 5.21. The topological polar surface area (TPSA) is 51.4 Å². The van der Waals surface area contributed by atoms with Crippen LogP contribution in [-0.4, -0.2) is 24.5 Å². The van der Waals surface area contributed by atoms with Crippen LogP contribution in [0.4, 0.5) is 0 Å². The molecule has 0 aromatic carbocycles. The highest BCUT2D eigenvalue weighted by atomic mass is 32.1. The van der Waals surface area contributed by atoms with Crippen molar-refractivity contribution < 1.29 is 0 Å². The van der Waals surface area contributed by atoms with Crippen molar-refractivity contribution in [1.82, 2.24) is 24.5 Å². The van der Waals surface area contributed by atoms with Gasteiger partial charge in [0.25, 0.3) is 0 Å². The average molecular weight is 221 g/mol. The molecule has 0 spiro atoms. The highest BCUT2D eigenvalue weighted by molar-refractivity contribution is 7.71. The van der Waals surface area contributed by atoms with Gasteiger partial charge >= 0.3 is 0 Å². The minimum Gasteiger partial charge on any atom is -0.297 e. The second-order valence-electron chi connectivity index (χ2n) is 3.86. The lowest BCUT2D eigenvalue weighted by Gasteiger charge is -2.01. The number of nitrogens with one attached hydrogen (secondary N) is 1. The Bertz CT molecular complexity index is 545. The molecule has 0 unspecified atom stereocenters. The van der Waals surface area contributed by atoms with Gasteiger partial charge in [0.1, 0.15) is 0 Å². The Morgan fingerprint density at radius 2 is 2.33 bits per heavy atom. The minimum atomic E-state index is 0.534. The third-order valence-electron chi connectivity index (χ3n) is 2.58. The zero-order chi connectivity index (χ0) is 10.4. The molecule has 0 radical (unpaired) electrons. The third-order valence-corrected chi connectivity index (χ3v) is 2.87. The monoisotopic (exact) mass is 221 g/mol. The number of H-pyrrole nitrogens is 1. The van der Waals surface area contributed by atoms with Gasteiger partial charge in [0.2, 0.25) is 0 Å². The van der Waals surface area contributed by atoms with Crippen molar-refractivity contribution in [2.75, 3.05) is 0 Å². The number of aromatic nitrogens is 5. The molecule has 0 bridgehead atoms. The molecule has 2 heterocycles. The van der Waals surface area contributed by atoms with E-state index in [1.165, 1.54) is 12.8 Å². The molecule has 1 aliphatic carbocycles. The zero-order valence-corrected chi connectivity index (χ0v) is 9.16. The van der Waals surface area contributed by atoms with Crippen LogP contribution in [0.1, 0.15) is 18.9 Å². The summed E-state index contributed by atoms with van der Waals surface area (Å²) in [5.74, 6) is 0.899. The van der Waals surface area contributed by atoms with Crippen LogP contribution < -0.4 is 0 Å². The molecule has 1 N–H and O–H groups in total. The van der Waals surface area contributed by atoms with Gasteiger partial charge in [-0.05, 0) is 25.1 Å². The number of aromatic amines is 1. The Hall–Kier alpha value is -1.43. The molecule has 0 atom stereocenters. The molecule has 1 saturated carbocycles. The number of hydrogen-bond acceptors (Lipinski definition) is 3. The van der Waals surface area contributed by atoms with Gasteiger partial charge in [-0.2, -0.15) is 10.2 Å². The summed E-state index contributed by atoms with van der Waals surface area (Å²) in [7, 11) is 1.90. The van der Waals surface area contributed by atoms with Crippen LogP contribution in [0.3, 0.4) is 0 Å². The Labute approximate surface area is 91.7 Å². The Kier molecular flexibility index (Phi) is 1.79. The van der Waals surface area contributed by atoms with E-state index in [0.29, 0.717) is 10.8 Å². The van der Waals surface area contributed by atoms with E-state index in [1.807, 2.05) is 19.4 Å². The van der Waals surface area contributed by atoms with Gasteiger partial charge < -0.3 is 0 Å². The van der Waals surface area contributed by atoms with Crippen molar-refractivity contribution in [3.05, 3.63) is 17.2 Å². The molecular formula is C9H11N5S. The molecule has 78 valence electrons. The van der Waals surface area contributed by atoms with Crippen molar-refractivity contribution in [1.29, 1.82) is 0 Å². The van der Waals surface area contributed by atoms with Crippen molar-refractivity contribution in [2.45, 2.75) is 18.9 Å². The summed E-state index contributed by atoms with van der Waals surface area (Å²) in [5.41, 5.74) is 1.01. The van der Waals surface area contributed by atoms with Crippen LogP contribution in [0.15, 0.2) is 12.4 Å². The molecule has 6 heteroatoms. The van der Waals surface area contributed by atoms with Gasteiger partial charge in [-0.1, -0.05) is 0 Å². The first-order valence-electron chi connectivity index (χ1n) is 4.91. The van der Waals surface area contributed by atoms with Crippen molar-refractivity contribution in [3.63, 3.8) is 0 Å². The van der Waals surface area contributed by atoms with E-state index in [1.54, 1.807) is 4.68 Å². The molecule has 2 aromatic rings. The van der Waals surface area contributed by atoms with E-state index >= 15 is 0 Å². The van der Waals surface area contributed by atoms with E-state index in [0.717, 1.165) is 11.4 Å². The number of nitrogens with zero attached hydrogens (tertiary/aromatic N) is 4. The molecule has 0 amide bonds. The Balaban J connectivity index is 2.15. The van der Waals surface area contributed by atoms with E-state index in [-0.39, 0.29) is 0 Å². The summed E-state index contributed by atoms with van der Waals surface area (Å²) in [6.07, 6.45) is 6.15. The fourth-order valence-electron chi connectivity index (χ4n) is 1.72. The van der Waals surface area contributed by atoms with Gasteiger partial charge in [0.05, 0.1) is 11.8 Å². The van der Waals surface area contributed by atoms with E-state index in [2.05, 4.69) is 19.9 Å². The zero-order valence-electron chi connectivity index (χ0n) is 8.34. The molecule has 0 aliphatic heterocycles. The summed E-state index contributed by atoms with van der Waals surface area (Å²) in [4.78, 5) is 0. The van der Waals surface area contributed by atoms with Gasteiger partial charge in [0, 0.05) is 19.3 Å². The maximum Gasteiger partial charge on any atom is 0.195 e. The fourth-order valence-corrected chi connectivity index (χ4v) is 2.00. The SMILES string of the molecule is Cn1cc(-c2n[nH]c(=S)n2C2CC2)cn1. The van der Waals surface area contributed by atoms with Crippen LogP contribution in [0.2, 0.25) is 0 Å². The molecular weight excluding hydrogens is 210 g/mol. The second-order valence-corrected chi connectivity index (χ2v) is 4.24. The average Bonchev–Trinajstić information content (AvgIpc) is 2.84. The molecule has 3 rings (SSSR count). The summed E-state index contributed by atoms with van der Waals surface area (Å²) in [5, 5.41) is 11.2. The first-order chi connectivity index (χ1) is 7.25. The largest absolute Gasteiger partial charge is 0.297 e. The fraction of sp³-hybridized carbons (Fsp3) is 0.444. The van der Waals surface area contributed by atoms with Crippen LogP contribution in [0.25, 0.3) is 11.4 Å². The lowest BCUT2D eigenvalue weighted by molar-refractivity contribution is 0.734. The van der Waals surface area contributed by atoms with Crippen molar-refractivity contribution in [3.8, 4) is 11.4 Å². The predicted octanol–water partition coefficient (Wildman–Crippen LogP) is 1.68. The molecule has 5 nitrogen and oxygen atoms in total. The Morgan fingerprint density at radius 1 is 1.53 bits per heavy atom. The van der Waals surface area contributed by atoms with E-state index in [9.17, 15) is 0 Å². The molecule has 15 heavy (non-hydrogen) atoms. The standard InChI is InChI=1S/C9H11N5S/c1-13-5-6(4-10-13)8-11-12-9(15)14(8)7-2-3-7/h4-5,7H,2-3H2,1H3,(H,12,15). The lowest BCUT2D eigenvalue weighted by atomic mass is 10.3. The van der Waals surface area contributed by atoms with Crippen molar-refractivity contribution in [2.24, 2.45) is 7.05 Å². The first kappa shape index (κ1) is 8.84. The quantitative estimate of drug-likeness (QED) is 0.785. The van der Waals surface area contributed by atoms with Gasteiger partial charge in [-0.25, -0.2) is 0 Å². The van der Waals surface area contributed by atoms with Crippen LogP contribution in [0, 0.1) is 4.77 Å². The van der Waals surface area contributed by atoms with E-state index in [4.69, 9.17) is 12.2 Å². The molecule has 0 saturated heterocycles. The van der Waals surface area contributed by atoms with Crippen LogP contribution in [0.5, 0.6) is 0 Å². The molecule has 1 fully saturated rings. The van der Waals surface area contributed by atoms with Crippen LogP contribution >= 0.6 is 12.2 Å². The smallest absolute Gasteiger partial charge is 0.195 e. The normalized spacial score (nSPS) is 15.8. The highest BCUT2D eigenvalue weighted by Gasteiger charge is 2.27. The third kappa shape index (κ3) is 1.41. The lowest BCUT2D eigenvalue weighted by Crippen LogP contribution is -1.96. The van der Waals surface area contributed by atoms with E-state index < -0.39 is 0 Å².